The summed E-state index contributed by atoms with van der Waals surface area (Å²) >= 11 is 8.85. The van der Waals surface area contributed by atoms with Crippen LogP contribution in [0.15, 0.2) is 22.7 Å². The summed E-state index contributed by atoms with van der Waals surface area (Å²) in [5.74, 6) is 0. The highest BCUT2D eigenvalue weighted by Gasteiger charge is 2.10. The van der Waals surface area contributed by atoms with E-state index in [1.807, 2.05) is 0 Å². The molecule has 4 heteroatoms. The van der Waals surface area contributed by atoms with Crippen molar-refractivity contribution in [1.29, 1.82) is 0 Å². The zero-order chi connectivity index (χ0) is 9.14. The Morgan fingerprint density at radius 3 is 2.83 bits per heavy atom. The van der Waals surface area contributed by atoms with Gasteiger partial charge in [0.1, 0.15) is 12.8 Å². The molecule has 0 saturated heterocycles. The molecule has 0 saturated carbocycles. The van der Waals surface area contributed by atoms with E-state index in [-0.39, 0.29) is 0 Å². The van der Waals surface area contributed by atoms with E-state index in [2.05, 4.69) is 15.9 Å². The first-order valence-corrected chi connectivity index (χ1v) is 4.51. The average molecular weight is 253 g/mol. The van der Waals surface area contributed by atoms with E-state index in [1.54, 1.807) is 12.1 Å². The van der Waals surface area contributed by atoms with Crippen LogP contribution in [-0.4, -0.2) is 11.8 Å². The van der Waals surface area contributed by atoms with Crippen LogP contribution >= 0.6 is 27.5 Å². The molecule has 0 aliphatic rings. The maximum absolute atomic E-state index is 12.1. The Balaban J connectivity index is 3.04. The van der Waals surface area contributed by atoms with Crippen molar-refractivity contribution in [3.63, 3.8) is 0 Å². The quantitative estimate of drug-likeness (QED) is 0.859. The molecule has 0 bridgehead atoms. The van der Waals surface area contributed by atoms with E-state index in [9.17, 15) is 9.50 Å². The number of halogens is 3. The van der Waals surface area contributed by atoms with Gasteiger partial charge >= 0.3 is 0 Å². The molecule has 66 valence electrons. The molecule has 1 aromatic carbocycles. The molecule has 0 aliphatic carbocycles. The molecule has 1 nitrogen and oxygen atoms in total. The summed E-state index contributed by atoms with van der Waals surface area (Å²) in [7, 11) is 0. The summed E-state index contributed by atoms with van der Waals surface area (Å²) in [5.41, 5.74) is 0.477. The first kappa shape index (κ1) is 9.96. The highest BCUT2D eigenvalue weighted by atomic mass is 79.9. The van der Waals surface area contributed by atoms with Crippen LogP contribution in [0.3, 0.4) is 0 Å². The van der Waals surface area contributed by atoms with Gasteiger partial charge in [0.2, 0.25) is 0 Å². The summed E-state index contributed by atoms with van der Waals surface area (Å²) in [6, 6.07) is 4.88. The maximum Gasteiger partial charge on any atom is 0.120 e. The zero-order valence-corrected chi connectivity index (χ0v) is 8.44. The fourth-order valence-electron chi connectivity index (χ4n) is 0.853. The van der Waals surface area contributed by atoms with Gasteiger partial charge < -0.3 is 5.11 Å². The molecule has 1 rings (SSSR count). The molecule has 0 unspecified atom stereocenters. The lowest BCUT2D eigenvalue weighted by atomic mass is 10.1. The second kappa shape index (κ2) is 4.21. The van der Waals surface area contributed by atoms with E-state index in [0.717, 1.165) is 0 Å². The van der Waals surface area contributed by atoms with E-state index in [0.29, 0.717) is 15.1 Å². The predicted octanol–water partition coefficient (Wildman–Crippen LogP) is 3.11. The molecule has 12 heavy (non-hydrogen) atoms. The molecule has 0 spiro atoms. The molecule has 1 N–H and O–H groups in total. The van der Waals surface area contributed by atoms with E-state index >= 15 is 0 Å². The van der Waals surface area contributed by atoms with Crippen LogP contribution in [0.25, 0.3) is 0 Å². The standard InChI is InChI=1S/C8H7BrClFO/c9-7-2-1-5(10)3-6(7)8(12)4-11/h1-3,8,12H,4H2/t8-/m0/s1. The van der Waals surface area contributed by atoms with Crippen molar-refractivity contribution in [2.24, 2.45) is 0 Å². The molecule has 0 heterocycles. The largest absolute Gasteiger partial charge is 0.386 e. The van der Waals surface area contributed by atoms with Crippen molar-refractivity contribution in [2.75, 3.05) is 6.67 Å². The van der Waals surface area contributed by atoms with Gasteiger partial charge in [0.25, 0.3) is 0 Å². The number of hydrogen-bond donors (Lipinski definition) is 1. The topological polar surface area (TPSA) is 20.2 Å². The number of hydrogen-bond acceptors (Lipinski definition) is 1. The summed E-state index contributed by atoms with van der Waals surface area (Å²) < 4.78 is 12.7. The first-order valence-electron chi connectivity index (χ1n) is 3.34. The number of benzene rings is 1. The second-order valence-electron chi connectivity index (χ2n) is 2.34. The second-order valence-corrected chi connectivity index (χ2v) is 3.63. The van der Waals surface area contributed by atoms with Crippen LogP contribution in [0.5, 0.6) is 0 Å². The summed E-state index contributed by atoms with van der Waals surface area (Å²) in [5, 5.41) is 9.66. The van der Waals surface area contributed by atoms with Gasteiger partial charge in [-0.1, -0.05) is 27.5 Å². The van der Waals surface area contributed by atoms with Gasteiger partial charge in [-0.3, -0.25) is 0 Å². The normalized spacial score (nSPS) is 13.0. The van der Waals surface area contributed by atoms with Crippen LogP contribution in [0.1, 0.15) is 11.7 Å². The van der Waals surface area contributed by atoms with E-state index in [4.69, 9.17) is 11.6 Å². The Hall–Kier alpha value is -0.120. The highest BCUT2D eigenvalue weighted by molar-refractivity contribution is 9.10. The molecule has 0 amide bonds. The monoisotopic (exact) mass is 252 g/mol. The van der Waals surface area contributed by atoms with Gasteiger partial charge in [0.05, 0.1) is 0 Å². The van der Waals surface area contributed by atoms with Crippen molar-refractivity contribution >= 4 is 27.5 Å². The lowest BCUT2D eigenvalue weighted by molar-refractivity contribution is 0.141. The van der Waals surface area contributed by atoms with Crippen LogP contribution in [0, 0.1) is 0 Å². The number of alkyl halides is 1. The predicted molar refractivity (Wildman–Crippen MR) is 50.1 cm³/mol. The molecular weight excluding hydrogens is 246 g/mol. The fourth-order valence-corrected chi connectivity index (χ4v) is 1.54. The van der Waals surface area contributed by atoms with Gasteiger partial charge in [-0.25, -0.2) is 4.39 Å². The van der Waals surface area contributed by atoms with E-state index < -0.39 is 12.8 Å². The van der Waals surface area contributed by atoms with Crippen LogP contribution in [0.4, 0.5) is 4.39 Å². The van der Waals surface area contributed by atoms with Crippen molar-refractivity contribution in [2.45, 2.75) is 6.10 Å². The Labute approximate surface area is 83.3 Å². The fraction of sp³-hybridized carbons (Fsp3) is 0.250. The van der Waals surface area contributed by atoms with Crippen molar-refractivity contribution < 1.29 is 9.50 Å². The van der Waals surface area contributed by atoms with Crippen molar-refractivity contribution in [3.05, 3.63) is 33.3 Å². The Bertz CT molecular complexity index is 280. The first-order chi connectivity index (χ1) is 5.65. The Kier molecular flexibility index (Phi) is 3.50. The minimum absolute atomic E-state index is 0.477. The van der Waals surface area contributed by atoms with Gasteiger partial charge in [-0.2, -0.15) is 0 Å². The molecule has 0 fully saturated rings. The summed E-state index contributed by atoms with van der Waals surface area (Å²) in [6.45, 7) is -0.807. The van der Waals surface area contributed by atoms with Crippen molar-refractivity contribution in [1.82, 2.24) is 0 Å². The van der Waals surface area contributed by atoms with Gasteiger partial charge in [-0.05, 0) is 23.8 Å². The van der Waals surface area contributed by atoms with Crippen LogP contribution in [0.2, 0.25) is 5.02 Å². The highest BCUT2D eigenvalue weighted by Crippen LogP contribution is 2.26. The molecule has 1 atom stereocenters. The Morgan fingerprint density at radius 1 is 1.58 bits per heavy atom. The molecule has 1 aromatic rings. The Morgan fingerprint density at radius 2 is 2.25 bits per heavy atom. The third kappa shape index (κ3) is 2.19. The third-order valence-electron chi connectivity index (χ3n) is 1.46. The molecule has 0 aromatic heterocycles. The summed E-state index contributed by atoms with van der Waals surface area (Å²) in [4.78, 5) is 0. The smallest absolute Gasteiger partial charge is 0.120 e. The van der Waals surface area contributed by atoms with Crippen molar-refractivity contribution in [3.8, 4) is 0 Å². The maximum atomic E-state index is 12.1. The average Bonchev–Trinajstić information content (AvgIpc) is 2.08. The molecular formula is C8H7BrClFO. The van der Waals surface area contributed by atoms with Gasteiger partial charge in [0, 0.05) is 9.50 Å². The van der Waals surface area contributed by atoms with E-state index in [1.165, 1.54) is 6.07 Å². The zero-order valence-electron chi connectivity index (χ0n) is 6.10. The third-order valence-corrected chi connectivity index (χ3v) is 2.42. The number of aliphatic hydroxyl groups is 1. The lowest BCUT2D eigenvalue weighted by Gasteiger charge is -2.08. The SMILES string of the molecule is O[C@@H](CF)c1cc(Cl)ccc1Br. The lowest BCUT2D eigenvalue weighted by Crippen LogP contribution is -1.99. The van der Waals surface area contributed by atoms with Crippen LogP contribution < -0.4 is 0 Å². The number of aliphatic hydroxyl groups excluding tert-OH is 1. The van der Waals surface area contributed by atoms with Crippen LogP contribution in [-0.2, 0) is 0 Å². The number of rotatable bonds is 2. The minimum Gasteiger partial charge on any atom is -0.386 e. The van der Waals surface area contributed by atoms with Gasteiger partial charge in [0.15, 0.2) is 0 Å². The van der Waals surface area contributed by atoms with Gasteiger partial charge in [-0.15, -0.1) is 0 Å². The summed E-state index contributed by atoms with van der Waals surface area (Å²) in [6.07, 6.45) is -1.10. The molecule has 0 radical (unpaired) electrons. The minimum atomic E-state index is -1.10. The molecule has 0 aliphatic heterocycles.